The average molecular weight is 263 g/mol. The van der Waals surface area contributed by atoms with E-state index in [2.05, 4.69) is 58.0 Å². The summed E-state index contributed by atoms with van der Waals surface area (Å²) in [5.41, 5.74) is 2.24. The minimum Gasteiger partial charge on any atom is -0.653 e. The second kappa shape index (κ2) is 5.52. The van der Waals surface area contributed by atoms with Gasteiger partial charge in [0.2, 0.25) is 0 Å². The molecule has 0 spiro atoms. The van der Waals surface area contributed by atoms with E-state index >= 15 is 0 Å². The molecule has 2 fully saturated rings. The van der Waals surface area contributed by atoms with Gasteiger partial charge in [-0.1, -0.05) is 70.0 Å². The van der Waals surface area contributed by atoms with Crippen molar-refractivity contribution in [1.82, 2.24) is 0 Å². The first-order valence-corrected chi connectivity index (χ1v) is 7.70. The van der Waals surface area contributed by atoms with Crippen LogP contribution in [0, 0.1) is 16.7 Å². The summed E-state index contributed by atoms with van der Waals surface area (Å²) in [5, 5.41) is 5.20. The van der Waals surface area contributed by atoms with Crippen molar-refractivity contribution in [2.24, 2.45) is 16.7 Å². The van der Waals surface area contributed by atoms with Crippen LogP contribution >= 0.6 is 0 Å². The third kappa shape index (κ3) is 2.29. The Bertz CT molecular complexity index is 456. The van der Waals surface area contributed by atoms with Gasteiger partial charge in [-0.05, 0) is 29.6 Å². The van der Waals surface area contributed by atoms with Crippen LogP contribution < -0.4 is 18.9 Å². The van der Waals surface area contributed by atoms with Gasteiger partial charge in [0.25, 0.3) is 0 Å². The van der Waals surface area contributed by atoms with Crippen LogP contribution in [0.1, 0.15) is 58.6 Å². The average Bonchev–Trinajstić information content (AvgIpc) is 2.73. The Labute approximate surface area is 136 Å². The molecule has 2 bridgehead atoms. The van der Waals surface area contributed by atoms with Crippen molar-refractivity contribution in [3.05, 3.63) is 41.2 Å². The molecule has 1 nitrogen and oxygen atoms in total. The third-order valence-corrected chi connectivity index (χ3v) is 6.43. The van der Waals surface area contributed by atoms with Crippen molar-refractivity contribution in [3.8, 4) is 0 Å². The van der Waals surface area contributed by atoms with Gasteiger partial charge >= 0.3 is 18.9 Å². The van der Waals surface area contributed by atoms with Crippen molar-refractivity contribution in [3.63, 3.8) is 0 Å². The number of fused-ring (bicyclic) bond motifs is 2. The van der Waals surface area contributed by atoms with Gasteiger partial charge in [-0.2, -0.15) is 0 Å². The maximum atomic E-state index is 5.20. The summed E-state index contributed by atoms with van der Waals surface area (Å²) >= 11 is 0. The minimum atomic E-state index is 0. The summed E-state index contributed by atoms with van der Waals surface area (Å²) in [5.74, 6) is 0.884. The van der Waals surface area contributed by atoms with Crippen LogP contribution in [-0.4, -0.2) is 6.04 Å². The van der Waals surface area contributed by atoms with Crippen LogP contribution in [0.2, 0.25) is 0 Å². The van der Waals surface area contributed by atoms with Gasteiger partial charge < -0.3 is 5.32 Å². The minimum absolute atomic E-state index is 0. The molecule has 2 aliphatic carbocycles. The molecule has 20 heavy (non-hydrogen) atoms. The Kier molecular flexibility index (Phi) is 4.46. The van der Waals surface area contributed by atoms with E-state index in [1.54, 1.807) is 0 Å². The zero-order chi connectivity index (χ0) is 13.7. The molecule has 0 radical (unpaired) electrons. The SMILES string of the molecule is C[C@@H]([N-]C1C[C@H]2CC[C@]1(C)C2(C)C)c1ccccc1.[Li+]. The van der Waals surface area contributed by atoms with Crippen LogP contribution in [0.5, 0.6) is 0 Å². The third-order valence-electron chi connectivity index (χ3n) is 6.43. The van der Waals surface area contributed by atoms with E-state index in [4.69, 9.17) is 5.32 Å². The Morgan fingerprint density at radius 2 is 1.80 bits per heavy atom. The molecule has 0 saturated heterocycles. The molecule has 0 aromatic heterocycles. The van der Waals surface area contributed by atoms with Gasteiger partial charge in [0.15, 0.2) is 0 Å². The number of hydrogen-bond acceptors (Lipinski definition) is 0. The van der Waals surface area contributed by atoms with Crippen molar-refractivity contribution in [2.45, 2.75) is 59.0 Å². The summed E-state index contributed by atoms with van der Waals surface area (Å²) in [4.78, 5) is 0. The summed E-state index contributed by atoms with van der Waals surface area (Å²) in [6.07, 6.45) is 4.08. The molecule has 0 heterocycles. The molecule has 2 aliphatic rings. The van der Waals surface area contributed by atoms with Gasteiger partial charge in [-0.3, -0.25) is 0 Å². The molecule has 0 N–H and O–H groups in total. The van der Waals surface area contributed by atoms with E-state index in [9.17, 15) is 0 Å². The molecular weight excluding hydrogens is 237 g/mol. The fraction of sp³-hybridized carbons (Fsp3) is 0.667. The maximum Gasteiger partial charge on any atom is 1.00 e. The topological polar surface area (TPSA) is 14.1 Å². The number of hydrogen-bond donors (Lipinski definition) is 0. The molecule has 3 rings (SSSR count). The van der Waals surface area contributed by atoms with Crippen LogP contribution in [0.3, 0.4) is 0 Å². The molecule has 1 aromatic carbocycles. The van der Waals surface area contributed by atoms with E-state index in [1.165, 1.54) is 24.8 Å². The monoisotopic (exact) mass is 263 g/mol. The smallest absolute Gasteiger partial charge is 0.653 e. The van der Waals surface area contributed by atoms with Crippen LogP contribution in [0.15, 0.2) is 30.3 Å². The van der Waals surface area contributed by atoms with Crippen LogP contribution in [0.4, 0.5) is 0 Å². The zero-order valence-electron chi connectivity index (χ0n) is 13.7. The van der Waals surface area contributed by atoms with Gasteiger partial charge in [0, 0.05) is 0 Å². The Hall–Kier alpha value is -0.223. The van der Waals surface area contributed by atoms with Gasteiger partial charge in [-0.25, -0.2) is 0 Å². The molecule has 2 saturated carbocycles. The number of benzene rings is 1. The van der Waals surface area contributed by atoms with Gasteiger partial charge in [0.1, 0.15) is 0 Å². The molecule has 1 unspecified atom stereocenters. The Balaban J connectivity index is 0.00000147. The first kappa shape index (κ1) is 16.2. The van der Waals surface area contributed by atoms with Crippen molar-refractivity contribution in [2.75, 3.05) is 0 Å². The standard InChI is InChI=1S/C18H26N.Li/c1-13(14-8-6-5-7-9-14)19-16-12-15-10-11-18(16,4)17(15,2)3;/h5-9,13,15-16H,10-12H2,1-4H3;/q-1;+1/t13-,15-,16?,18+;/m1./s1. The quantitative estimate of drug-likeness (QED) is 0.743. The molecule has 4 atom stereocenters. The van der Waals surface area contributed by atoms with Crippen molar-refractivity contribution >= 4 is 0 Å². The molecular formula is C18H26LiN. The molecule has 1 aromatic rings. The molecule has 2 heteroatoms. The largest absolute Gasteiger partial charge is 1.00 e. The second-order valence-electron chi connectivity index (χ2n) is 7.36. The van der Waals surface area contributed by atoms with Crippen molar-refractivity contribution < 1.29 is 18.9 Å². The predicted molar refractivity (Wildman–Crippen MR) is 81.2 cm³/mol. The van der Waals surface area contributed by atoms with Crippen LogP contribution in [-0.2, 0) is 0 Å². The molecule has 104 valence electrons. The maximum absolute atomic E-state index is 5.20. The van der Waals surface area contributed by atoms with E-state index < -0.39 is 0 Å². The number of nitrogens with zero attached hydrogens (tertiary/aromatic N) is 1. The molecule has 0 aliphatic heterocycles. The number of rotatable bonds is 3. The van der Waals surface area contributed by atoms with E-state index in [1.807, 2.05) is 0 Å². The van der Waals surface area contributed by atoms with Gasteiger partial charge in [-0.15, -0.1) is 12.1 Å². The van der Waals surface area contributed by atoms with E-state index in [0.29, 0.717) is 22.9 Å². The fourth-order valence-corrected chi connectivity index (χ4v) is 4.47. The van der Waals surface area contributed by atoms with Crippen LogP contribution in [0.25, 0.3) is 5.32 Å². The molecule has 0 amide bonds. The normalized spacial score (nSPS) is 35.6. The van der Waals surface area contributed by atoms with E-state index in [0.717, 1.165) is 5.92 Å². The first-order valence-electron chi connectivity index (χ1n) is 7.70. The Morgan fingerprint density at radius 3 is 2.30 bits per heavy atom. The summed E-state index contributed by atoms with van der Waals surface area (Å²) in [6, 6.07) is 11.6. The van der Waals surface area contributed by atoms with Crippen molar-refractivity contribution in [1.29, 1.82) is 0 Å². The zero-order valence-corrected chi connectivity index (χ0v) is 13.7. The predicted octanol–water partition coefficient (Wildman–Crippen LogP) is 2.34. The fourth-order valence-electron chi connectivity index (χ4n) is 4.47. The summed E-state index contributed by atoms with van der Waals surface area (Å²) in [7, 11) is 0. The summed E-state index contributed by atoms with van der Waals surface area (Å²) in [6.45, 7) is 9.66. The first-order chi connectivity index (χ1) is 8.95. The second-order valence-corrected chi connectivity index (χ2v) is 7.36. The van der Waals surface area contributed by atoms with Gasteiger partial charge in [0.05, 0.1) is 0 Å². The van der Waals surface area contributed by atoms with E-state index in [-0.39, 0.29) is 18.9 Å². The summed E-state index contributed by atoms with van der Waals surface area (Å²) < 4.78 is 0. The Morgan fingerprint density at radius 1 is 1.15 bits per heavy atom.